The van der Waals surface area contributed by atoms with Gasteiger partial charge in [0.05, 0.1) is 9.75 Å². The van der Waals surface area contributed by atoms with Crippen molar-refractivity contribution in [2.24, 2.45) is 0 Å². The average Bonchev–Trinajstić information content (AvgIpc) is 3.87. The lowest BCUT2D eigenvalue weighted by atomic mass is 10.0. The maximum atomic E-state index is 5.11. The van der Waals surface area contributed by atoms with Crippen LogP contribution in [0.15, 0.2) is 60.7 Å². The molecule has 0 unspecified atom stereocenters. The molecule has 0 radical (unpaired) electrons. The molecule has 0 bridgehead atoms. The molecule has 0 amide bonds. The number of aryl methyl sites for hydroxylation is 4. The zero-order chi connectivity index (χ0) is 33.3. The van der Waals surface area contributed by atoms with Crippen molar-refractivity contribution >= 4 is 55.0 Å². The van der Waals surface area contributed by atoms with Crippen LogP contribution >= 0.6 is 45.3 Å². The van der Waals surface area contributed by atoms with Gasteiger partial charge in [-0.1, -0.05) is 149 Å². The molecule has 0 aliphatic heterocycles. The lowest BCUT2D eigenvalue weighted by Crippen LogP contribution is -1.86. The molecule has 0 aliphatic carbocycles. The number of hydrogen-bond donors (Lipinski definition) is 0. The van der Waals surface area contributed by atoms with Crippen molar-refractivity contribution in [3.05, 3.63) is 82.9 Å². The Kier molecular flexibility index (Phi) is 12.7. The summed E-state index contributed by atoms with van der Waals surface area (Å²) in [5.41, 5.74) is 8.10. The highest BCUT2D eigenvalue weighted by molar-refractivity contribution is 7.32. The van der Waals surface area contributed by atoms with E-state index < -0.39 is 0 Å². The Bertz CT molecular complexity index is 1700. The van der Waals surface area contributed by atoms with Crippen molar-refractivity contribution in [3.8, 4) is 40.7 Å². The Morgan fingerprint density at radius 1 is 0.458 bits per heavy atom. The van der Waals surface area contributed by atoms with Crippen LogP contribution in [0.5, 0.6) is 0 Å². The molecule has 0 saturated heterocycles. The summed E-state index contributed by atoms with van der Waals surface area (Å²) in [5.74, 6) is 0. The third-order valence-corrected chi connectivity index (χ3v) is 14.2. The lowest BCUT2D eigenvalue weighted by molar-refractivity contribution is 0.607. The summed E-state index contributed by atoms with van der Waals surface area (Å²) < 4.78 is 0. The molecule has 4 aromatic heterocycles. The van der Waals surface area contributed by atoms with Crippen LogP contribution in [0.25, 0.3) is 50.3 Å². The molecule has 0 atom stereocenters. The molecule has 2 aromatic carbocycles. The van der Waals surface area contributed by atoms with E-state index in [1.165, 1.54) is 143 Å². The minimum Gasteiger partial charge on any atom is -0.222 e. The van der Waals surface area contributed by atoms with Gasteiger partial charge in [-0.05, 0) is 85.0 Å². The fourth-order valence-corrected chi connectivity index (χ4v) is 11.1. The normalized spacial score (nSPS) is 11.7. The second-order valence-electron chi connectivity index (χ2n) is 13.3. The molecule has 6 aromatic rings. The highest BCUT2D eigenvalue weighted by Gasteiger charge is 2.19. The fraction of sp³-hybridized carbons (Fsp3) is 0.429. The molecular formula is C42H50N2S4. The van der Waals surface area contributed by atoms with E-state index in [1.54, 1.807) is 22.7 Å². The Morgan fingerprint density at radius 3 is 1.23 bits per heavy atom. The SMILES string of the molecule is CCCCCCCCc1ccc(-c2cc(C)c(-c3nc4sc(-c5sc(-c6ccc(CCCCCCCC)cc6)cc5C)nc4s3)s2)cc1. The van der Waals surface area contributed by atoms with Crippen molar-refractivity contribution in [2.75, 3.05) is 0 Å². The van der Waals surface area contributed by atoms with Gasteiger partial charge in [0.25, 0.3) is 0 Å². The Labute approximate surface area is 304 Å². The lowest BCUT2D eigenvalue weighted by Gasteiger charge is -2.04. The van der Waals surface area contributed by atoms with Crippen molar-refractivity contribution in [1.82, 2.24) is 9.97 Å². The molecule has 6 rings (SSSR count). The Hall–Kier alpha value is -2.64. The van der Waals surface area contributed by atoms with E-state index in [1.807, 2.05) is 22.7 Å². The van der Waals surface area contributed by atoms with E-state index in [0.717, 1.165) is 19.7 Å². The van der Waals surface area contributed by atoms with Gasteiger partial charge in [-0.3, -0.25) is 0 Å². The number of fused-ring (bicyclic) bond motifs is 1. The molecule has 48 heavy (non-hydrogen) atoms. The number of thiazole rings is 2. The standard InChI is InChI=1S/C42H50N2S4/c1-5-7-9-11-13-15-17-31-19-23-33(24-20-31)35-27-29(3)37(45-35)39-43-41-42(47-39)44-40(48-41)38-30(4)28-36(46-38)34-25-21-32(22-26-34)18-16-14-12-10-8-6-2/h19-28H,5-18H2,1-4H3. The Balaban J connectivity index is 1.08. The molecule has 0 fully saturated rings. The van der Waals surface area contributed by atoms with Crippen molar-refractivity contribution in [3.63, 3.8) is 0 Å². The van der Waals surface area contributed by atoms with Gasteiger partial charge in [0.1, 0.15) is 10.0 Å². The van der Waals surface area contributed by atoms with Crippen LogP contribution in [0, 0.1) is 13.8 Å². The van der Waals surface area contributed by atoms with Crippen LogP contribution in [-0.2, 0) is 12.8 Å². The van der Waals surface area contributed by atoms with Crippen molar-refractivity contribution < 1.29 is 0 Å². The maximum absolute atomic E-state index is 5.11. The second kappa shape index (κ2) is 17.3. The molecule has 6 heteroatoms. The summed E-state index contributed by atoms with van der Waals surface area (Å²) in [4.78, 5) is 17.5. The minimum absolute atomic E-state index is 1.05. The second-order valence-corrected chi connectivity index (χ2v) is 17.4. The first-order valence-electron chi connectivity index (χ1n) is 18.2. The van der Waals surface area contributed by atoms with E-state index in [0.29, 0.717) is 0 Å². The summed E-state index contributed by atoms with van der Waals surface area (Å²) in [6.45, 7) is 9.00. The third-order valence-electron chi connectivity index (χ3n) is 9.31. The van der Waals surface area contributed by atoms with Crippen LogP contribution in [0.1, 0.15) is 113 Å². The Morgan fingerprint density at radius 2 is 0.833 bits per heavy atom. The predicted octanol–water partition coefficient (Wildman–Crippen LogP) is 15.0. The molecule has 0 aliphatic rings. The van der Waals surface area contributed by atoms with Crippen LogP contribution in [0.2, 0.25) is 0 Å². The van der Waals surface area contributed by atoms with Crippen LogP contribution in [-0.4, -0.2) is 9.97 Å². The van der Waals surface area contributed by atoms with E-state index in [-0.39, 0.29) is 0 Å². The first-order chi connectivity index (χ1) is 23.5. The zero-order valence-electron chi connectivity index (χ0n) is 29.2. The first-order valence-corrected chi connectivity index (χ1v) is 21.5. The molecule has 0 saturated carbocycles. The molecule has 252 valence electrons. The van der Waals surface area contributed by atoms with Gasteiger partial charge in [-0.15, -0.1) is 22.7 Å². The smallest absolute Gasteiger partial charge is 0.155 e. The van der Waals surface area contributed by atoms with Gasteiger partial charge in [0.2, 0.25) is 0 Å². The number of thiophene rings is 2. The quantitative estimate of drug-likeness (QED) is 0.0830. The van der Waals surface area contributed by atoms with E-state index in [9.17, 15) is 0 Å². The van der Waals surface area contributed by atoms with Crippen molar-refractivity contribution in [1.29, 1.82) is 0 Å². The maximum Gasteiger partial charge on any atom is 0.155 e. The van der Waals surface area contributed by atoms with Gasteiger partial charge >= 0.3 is 0 Å². The number of aromatic nitrogens is 2. The molecule has 2 nitrogen and oxygen atoms in total. The summed E-state index contributed by atoms with van der Waals surface area (Å²) >= 11 is 7.18. The predicted molar refractivity (Wildman–Crippen MR) is 216 cm³/mol. The van der Waals surface area contributed by atoms with E-state index in [2.05, 4.69) is 88.4 Å². The summed E-state index contributed by atoms with van der Waals surface area (Å²) in [6.07, 6.45) is 18.5. The highest BCUT2D eigenvalue weighted by atomic mass is 32.1. The summed E-state index contributed by atoms with van der Waals surface area (Å²) in [6, 6.07) is 23.2. The largest absolute Gasteiger partial charge is 0.222 e. The number of hydrogen-bond acceptors (Lipinski definition) is 6. The number of benzene rings is 2. The van der Waals surface area contributed by atoms with Gasteiger partial charge in [-0.2, -0.15) is 0 Å². The average molecular weight is 711 g/mol. The van der Waals surface area contributed by atoms with Gasteiger partial charge < -0.3 is 0 Å². The summed E-state index contributed by atoms with van der Waals surface area (Å²) in [7, 11) is 0. The van der Waals surface area contributed by atoms with Crippen LogP contribution < -0.4 is 0 Å². The van der Waals surface area contributed by atoms with Gasteiger partial charge in [0, 0.05) is 9.75 Å². The fourth-order valence-electron chi connectivity index (χ4n) is 6.40. The van der Waals surface area contributed by atoms with Gasteiger partial charge in [0.15, 0.2) is 9.66 Å². The minimum atomic E-state index is 1.05. The third kappa shape index (κ3) is 8.93. The molecular weight excluding hydrogens is 661 g/mol. The number of rotatable bonds is 18. The van der Waals surface area contributed by atoms with E-state index >= 15 is 0 Å². The number of nitrogens with zero attached hydrogens (tertiary/aromatic N) is 2. The highest BCUT2D eigenvalue weighted by Crippen LogP contribution is 2.45. The zero-order valence-corrected chi connectivity index (χ0v) is 32.5. The van der Waals surface area contributed by atoms with Crippen molar-refractivity contribution in [2.45, 2.75) is 118 Å². The first kappa shape index (κ1) is 35.2. The van der Waals surface area contributed by atoms with E-state index in [4.69, 9.17) is 9.97 Å². The summed E-state index contributed by atoms with van der Waals surface area (Å²) in [5, 5.41) is 2.18. The monoisotopic (exact) mass is 710 g/mol. The molecule has 0 N–H and O–H groups in total. The number of unbranched alkanes of at least 4 members (excludes halogenated alkanes) is 10. The molecule has 4 heterocycles. The van der Waals surface area contributed by atoms with Crippen LogP contribution in [0.4, 0.5) is 0 Å². The topological polar surface area (TPSA) is 25.8 Å². The van der Waals surface area contributed by atoms with Crippen LogP contribution in [0.3, 0.4) is 0 Å². The van der Waals surface area contributed by atoms with Gasteiger partial charge in [-0.25, -0.2) is 9.97 Å². The molecule has 0 spiro atoms.